The van der Waals surface area contributed by atoms with Crippen molar-refractivity contribution in [3.05, 3.63) is 17.7 Å². The van der Waals surface area contributed by atoms with E-state index in [0.29, 0.717) is 5.92 Å². The zero-order valence-corrected chi connectivity index (χ0v) is 12.8. The maximum absolute atomic E-state index is 11.2. The first-order chi connectivity index (χ1) is 9.62. The fourth-order valence-corrected chi connectivity index (χ4v) is 3.48. The van der Waals surface area contributed by atoms with Gasteiger partial charge in [-0.05, 0) is 37.1 Å². The van der Waals surface area contributed by atoms with Crippen molar-refractivity contribution in [1.82, 2.24) is 0 Å². The van der Waals surface area contributed by atoms with Gasteiger partial charge in [-0.1, -0.05) is 0 Å². The summed E-state index contributed by atoms with van der Waals surface area (Å²) in [4.78, 5) is 12.2. The average molecular weight is 296 g/mol. The lowest BCUT2D eigenvalue weighted by Gasteiger charge is -2.22. The molecular weight excluding hydrogens is 276 g/mol. The van der Waals surface area contributed by atoms with Crippen molar-refractivity contribution in [2.24, 2.45) is 5.92 Å². The van der Waals surface area contributed by atoms with Gasteiger partial charge in [0, 0.05) is 11.5 Å². The predicted molar refractivity (Wildman–Crippen MR) is 79.0 cm³/mol. The van der Waals surface area contributed by atoms with E-state index in [1.165, 1.54) is 0 Å². The molecule has 20 heavy (non-hydrogen) atoms. The molecule has 0 bridgehead atoms. The first kappa shape index (κ1) is 15.0. The van der Waals surface area contributed by atoms with E-state index in [1.807, 2.05) is 18.4 Å². The minimum atomic E-state index is -0.765. The molecule has 0 amide bonds. The number of hydrogen-bond donors (Lipinski definition) is 1. The number of rotatable bonds is 7. The van der Waals surface area contributed by atoms with E-state index < -0.39 is 5.97 Å². The lowest BCUT2D eigenvalue weighted by Crippen LogP contribution is -2.11. The lowest BCUT2D eigenvalue weighted by atomic mass is 9.90. The molecule has 1 fully saturated rings. The predicted octanol–water partition coefficient (Wildman–Crippen LogP) is 3.39. The molecule has 0 radical (unpaired) electrons. The molecule has 1 aliphatic carbocycles. The van der Waals surface area contributed by atoms with E-state index in [2.05, 4.69) is 0 Å². The summed E-state index contributed by atoms with van der Waals surface area (Å²) < 4.78 is 10.9. The van der Waals surface area contributed by atoms with Crippen LogP contribution in [-0.2, 0) is 4.79 Å². The topological polar surface area (TPSA) is 55.8 Å². The van der Waals surface area contributed by atoms with E-state index in [1.54, 1.807) is 26.0 Å². The number of carboxylic acid groups (broad SMARTS) is 1. The van der Waals surface area contributed by atoms with Crippen LogP contribution in [0.15, 0.2) is 17.0 Å². The Morgan fingerprint density at radius 2 is 1.95 bits per heavy atom. The van der Waals surface area contributed by atoms with Crippen LogP contribution in [-0.4, -0.2) is 31.6 Å². The van der Waals surface area contributed by atoms with Gasteiger partial charge < -0.3 is 14.6 Å². The molecule has 1 aliphatic rings. The zero-order valence-electron chi connectivity index (χ0n) is 12.0. The summed E-state index contributed by atoms with van der Waals surface area (Å²) in [6.45, 7) is 0. The SMILES string of the molecule is COc1ccc(OC)c(C(CC(=O)O)C2CC2)c1SC. The van der Waals surface area contributed by atoms with Gasteiger partial charge in [-0.3, -0.25) is 4.79 Å². The third-order valence-electron chi connectivity index (χ3n) is 3.72. The van der Waals surface area contributed by atoms with Crippen LogP contribution >= 0.6 is 11.8 Å². The summed E-state index contributed by atoms with van der Waals surface area (Å²) in [5.41, 5.74) is 0.990. The molecule has 1 unspecified atom stereocenters. The second-order valence-corrected chi connectivity index (χ2v) is 5.78. The highest BCUT2D eigenvalue weighted by Gasteiger charge is 2.37. The summed E-state index contributed by atoms with van der Waals surface area (Å²) in [6, 6.07) is 3.74. The van der Waals surface area contributed by atoms with E-state index in [9.17, 15) is 9.90 Å². The quantitative estimate of drug-likeness (QED) is 0.782. The molecule has 0 aliphatic heterocycles. The monoisotopic (exact) mass is 296 g/mol. The van der Waals surface area contributed by atoms with Gasteiger partial charge in [0.25, 0.3) is 0 Å². The maximum atomic E-state index is 11.2. The highest BCUT2D eigenvalue weighted by molar-refractivity contribution is 7.98. The third-order valence-corrected chi connectivity index (χ3v) is 4.55. The Morgan fingerprint density at radius 3 is 2.40 bits per heavy atom. The van der Waals surface area contributed by atoms with Crippen molar-refractivity contribution in [2.45, 2.75) is 30.1 Å². The van der Waals surface area contributed by atoms with Crippen molar-refractivity contribution in [3.63, 3.8) is 0 Å². The van der Waals surface area contributed by atoms with Crippen molar-refractivity contribution in [2.75, 3.05) is 20.5 Å². The first-order valence-electron chi connectivity index (χ1n) is 6.63. The summed E-state index contributed by atoms with van der Waals surface area (Å²) in [5.74, 6) is 1.22. The molecule has 1 N–H and O–H groups in total. The minimum absolute atomic E-state index is 0.000000000000000444. The fraction of sp³-hybridized carbons (Fsp3) is 0.533. The van der Waals surface area contributed by atoms with Gasteiger partial charge in [0.15, 0.2) is 0 Å². The molecule has 1 aromatic rings. The van der Waals surface area contributed by atoms with Gasteiger partial charge in [0.1, 0.15) is 11.5 Å². The van der Waals surface area contributed by atoms with Crippen LogP contribution in [0.2, 0.25) is 0 Å². The molecule has 110 valence electrons. The van der Waals surface area contributed by atoms with Crippen LogP contribution in [0.3, 0.4) is 0 Å². The van der Waals surface area contributed by atoms with Gasteiger partial charge >= 0.3 is 5.97 Å². The molecule has 4 nitrogen and oxygen atoms in total. The Morgan fingerprint density at radius 1 is 1.35 bits per heavy atom. The van der Waals surface area contributed by atoms with Crippen molar-refractivity contribution < 1.29 is 19.4 Å². The Hall–Kier alpha value is -1.36. The minimum Gasteiger partial charge on any atom is -0.496 e. The largest absolute Gasteiger partial charge is 0.496 e. The number of hydrogen-bond acceptors (Lipinski definition) is 4. The molecule has 5 heteroatoms. The van der Waals surface area contributed by atoms with Crippen molar-refractivity contribution in [3.8, 4) is 11.5 Å². The molecule has 1 atom stereocenters. The lowest BCUT2D eigenvalue weighted by molar-refractivity contribution is -0.137. The molecule has 2 rings (SSSR count). The van der Waals surface area contributed by atoms with Crippen LogP contribution in [0.25, 0.3) is 0 Å². The molecule has 0 saturated heterocycles. The Labute approximate surface area is 123 Å². The summed E-state index contributed by atoms with van der Waals surface area (Å²) in [6.07, 6.45) is 4.30. The second-order valence-electron chi connectivity index (χ2n) is 4.96. The smallest absolute Gasteiger partial charge is 0.303 e. The third kappa shape index (κ3) is 3.03. The standard InChI is InChI=1S/C15H20O4S/c1-18-11-6-7-12(19-2)15(20-3)14(11)10(8-13(16)17)9-4-5-9/h6-7,9-10H,4-5,8H2,1-3H3,(H,16,17). The van der Waals surface area contributed by atoms with Gasteiger partial charge in [-0.25, -0.2) is 0 Å². The number of carbonyl (C=O) groups is 1. The number of methoxy groups -OCH3 is 2. The number of thioether (sulfide) groups is 1. The number of aliphatic carboxylic acids is 1. The van der Waals surface area contributed by atoms with Gasteiger partial charge in [0.05, 0.1) is 25.5 Å². The van der Waals surface area contributed by atoms with E-state index in [4.69, 9.17) is 9.47 Å². The Bertz CT molecular complexity index is 497. The first-order valence-corrected chi connectivity index (χ1v) is 7.85. The fourth-order valence-electron chi connectivity index (χ4n) is 2.65. The van der Waals surface area contributed by atoms with E-state index in [-0.39, 0.29) is 12.3 Å². The summed E-state index contributed by atoms with van der Waals surface area (Å²) in [5, 5.41) is 9.20. The van der Waals surface area contributed by atoms with Gasteiger partial charge in [0.2, 0.25) is 0 Å². The van der Waals surface area contributed by atoms with Crippen LogP contribution in [0.4, 0.5) is 0 Å². The van der Waals surface area contributed by atoms with Crippen LogP contribution in [0.1, 0.15) is 30.7 Å². The number of benzene rings is 1. The molecule has 0 heterocycles. The van der Waals surface area contributed by atoms with Crippen molar-refractivity contribution >= 4 is 17.7 Å². The van der Waals surface area contributed by atoms with Gasteiger partial charge in [-0.15, -0.1) is 11.8 Å². The average Bonchev–Trinajstić information content (AvgIpc) is 3.27. The van der Waals surface area contributed by atoms with Crippen molar-refractivity contribution in [1.29, 1.82) is 0 Å². The number of ether oxygens (including phenoxy) is 2. The molecular formula is C15H20O4S. The van der Waals surface area contributed by atoms with Crippen LogP contribution in [0.5, 0.6) is 11.5 Å². The number of carboxylic acids is 1. The van der Waals surface area contributed by atoms with E-state index >= 15 is 0 Å². The highest BCUT2D eigenvalue weighted by atomic mass is 32.2. The Kier molecular flexibility index (Phi) is 4.81. The molecule has 0 aromatic heterocycles. The summed E-state index contributed by atoms with van der Waals surface area (Å²) >= 11 is 1.58. The normalized spacial score (nSPS) is 15.8. The molecule has 1 saturated carbocycles. The van der Waals surface area contributed by atoms with E-state index in [0.717, 1.165) is 34.8 Å². The molecule has 0 spiro atoms. The van der Waals surface area contributed by atoms with Gasteiger partial charge in [-0.2, -0.15) is 0 Å². The Balaban J connectivity index is 2.52. The van der Waals surface area contributed by atoms with Crippen LogP contribution < -0.4 is 9.47 Å². The zero-order chi connectivity index (χ0) is 14.7. The highest BCUT2D eigenvalue weighted by Crippen LogP contribution is 2.51. The summed E-state index contributed by atoms with van der Waals surface area (Å²) in [7, 11) is 3.26. The van der Waals surface area contributed by atoms with Crippen LogP contribution in [0, 0.1) is 5.92 Å². The maximum Gasteiger partial charge on any atom is 0.303 e. The molecule has 1 aromatic carbocycles. The second kappa shape index (κ2) is 6.39.